The summed E-state index contributed by atoms with van der Waals surface area (Å²) in [5, 5.41) is 6.67. The topological polar surface area (TPSA) is 48.9 Å². The number of hydrogen-bond acceptors (Lipinski definition) is 3. The van der Waals surface area contributed by atoms with Crippen LogP contribution in [0.15, 0.2) is 29.3 Å². The van der Waals surface area contributed by atoms with Gasteiger partial charge < -0.3 is 15.4 Å². The predicted octanol–water partition coefficient (Wildman–Crippen LogP) is 3.01. The van der Waals surface area contributed by atoms with E-state index >= 15 is 0 Å². The molecule has 142 valence electrons. The molecular formula is C20H36N4O. The second-order valence-corrected chi connectivity index (χ2v) is 6.74. The number of methoxy groups -OCH3 is 1. The van der Waals surface area contributed by atoms with E-state index in [4.69, 9.17) is 9.73 Å². The van der Waals surface area contributed by atoms with Crippen LogP contribution in [0, 0.1) is 0 Å². The first-order valence-electron chi connectivity index (χ1n) is 9.32. The summed E-state index contributed by atoms with van der Waals surface area (Å²) in [7, 11) is 1.73. The number of ether oxygens (including phenoxy) is 1. The summed E-state index contributed by atoms with van der Waals surface area (Å²) < 4.78 is 5.47. The van der Waals surface area contributed by atoms with E-state index in [0.717, 1.165) is 32.1 Å². The molecule has 1 aromatic rings. The van der Waals surface area contributed by atoms with E-state index in [9.17, 15) is 0 Å². The average Bonchev–Trinajstić information content (AvgIpc) is 2.62. The van der Waals surface area contributed by atoms with Gasteiger partial charge >= 0.3 is 0 Å². The normalized spacial score (nSPS) is 12.5. The maximum absolute atomic E-state index is 5.47. The van der Waals surface area contributed by atoms with Crippen LogP contribution >= 0.6 is 0 Å². The Bertz CT molecular complexity index is 524. The van der Waals surface area contributed by atoms with Gasteiger partial charge in [0, 0.05) is 26.7 Å². The molecule has 1 aromatic carbocycles. The second kappa shape index (κ2) is 11.1. The molecule has 0 radical (unpaired) electrons. The van der Waals surface area contributed by atoms with E-state index in [2.05, 4.69) is 74.4 Å². The fraction of sp³-hybridized carbons (Fsp3) is 0.650. The molecule has 0 saturated carbocycles. The first-order chi connectivity index (χ1) is 12.0. The van der Waals surface area contributed by atoms with Crippen LogP contribution in [-0.4, -0.2) is 49.7 Å². The highest BCUT2D eigenvalue weighted by Gasteiger charge is 2.16. The lowest BCUT2D eigenvalue weighted by atomic mass is 10.1. The number of rotatable bonds is 10. The zero-order valence-corrected chi connectivity index (χ0v) is 16.9. The summed E-state index contributed by atoms with van der Waals surface area (Å²) in [6.45, 7) is 15.9. The molecule has 0 spiro atoms. The summed E-state index contributed by atoms with van der Waals surface area (Å²) in [4.78, 5) is 7.18. The van der Waals surface area contributed by atoms with Gasteiger partial charge in [0.2, 0.25) is 0 Å². The van der Waals surface area contributed by atoms with Gasteiger partial charge in [0.15, 0.2) is 5.96 Å². The molecule has 0 aliphatic heterocycles. The number of aliphatic imine (C=N–C) groups is 1. The molecule has 0 atom stereocenters. The first-order valence-corrected chi connectivity index (χ1v) is 9.32. The van der Waals surface area contributed by atoms with Gasteiger partial charge in [-0.1, -0.05) is 38.1 Å². The van der Waals surface area contributed by atoms with E-state index in [1.165, 1.54) is 11.1 Å². The molecule has 0 amide bonds. The van der Waals surface area contributed by atoms with Crippen molar-refractivity contribution in [2.45, 2.75) is 53.3 Å². The average molecular weight is 349 g/mol. The number of benzene rings is 1. The molecule has 0 aliphatic rings. The minimum absolute atomic E-state index is 0.225. The van der Waals surface area contributed by atoms with Crippen LogP contribution in [0.3, 0.4) is 0 Å². The lowest BCUT2D eigenvalue weighted by Gasteiger charge is -2.24. The van der Waals surface area contributed by atoms with Crippen molar-refractivity contribution in [3.63, 3.8) is 0 Å². The van der Waals surface area contributed by atoms with Crippen molar-refractivity contribution in [3.05, 3.63) is 35.4 Å². The van der Waals surface area contributed by atoms with E-state index < -0.39 is 0 Å². The van der Waals surface area contributed by atoms with Crippen LogP contribution in [0.2, 0.25) is 0 Å². The van der Waals surface area contributed by atoms with Crippen LogP contribution in [0.25, 0.3) is 0 Å². The lowest BCUT2D eigenvalue weighted by molar-refractivity contribution is 0.0268. The van der Waals surface area contributed by atoms with Crippen molar-refractivity contribution in [1.82, 2.24) is 15.5 Å². The van der Waals surface area contributed by atoms with Gasteiger partial charge in [0.25, 0.3) is 0 Å². The highest BCUT2D eigenvalue weighted by Crippen LogP contribution is 2.13. The van der Waals surface area contributed by atoms with Crippen LogP contribution in [0.1, 0.15) is 45.7 Å². The molecule has 5 heteroatoms. The monoisotopic (exact) mass is 348 g/mol. The third kappa shape index (κ3) is 7.88. The van der Waals surface area contributed by atoms with E-state index in [1.54, 1.807) is 7.11 Å². The summed E-state index contributed by atoms with van der Waals surface area (Å²) in [5.74, 6) is 0.824. The Morgan fingerprint density at radius 1 is 1.08 bits per heavy atom. The van der Waals surface area contributed by atoms with Crippen molar-refractivity contribution in [2.75, 3.05) is 33.3 Å². The fourth-order valence-corrected chi connectivity index (χ4v) is 2.43. The van der Waals surface area contributed by atoms with E-state index in [1.807, 2.05) is 0 Å². The summed E-state index contributed by atoms with van der Waals surface area (Å²) in [6.07, 6.45) is 0. The van der Waals surface area contributed by atoms with Crippen molar-refractivity contribution in [2.24, 2.45) is 4.99 Å². The van der Waals surface area contributed by atoms with Crippen LogP contribution in [0.4, 0.5) is 0 Å². The van der Waals surface area contributed by atoms with Crippen LogP contribution in [0.5, 0.6) is 0 Å². The summed E-state index contributed by atoms with van der Waals surface area (Å²) in [6, 6.07) is 8.57. The highest BCUT2D eigenvalue weighted by atomic mass is 16.5. The Labute approximate surface area is 153 Å². The lowest BCUT2D eigenvalue weighted by Crippen LogP contribution is -2.45. The molecule has 0 unspecified atom stereocenters. The van der Waals surface area contributed by atoms with Gasteiger partial charge in [-0.15, -0.1) is 0 Å². The molecule has 0 bridgehead atoms. The van der Waals surface area contributed by atoms with Gasteiger partial charge in [-0.2, -0.15) is 0 Å². The standard InChI is InChI=1S/C20H36N4O/c1-7-21-19(23-16-20(4,5)25-6)22-14-17-12-10-11-13-18(17)15-24(8-2)9-3/h10-13H,7-9,14-16H2,1-6H3,(H2,21,22,23). The Morgan fingerprint density at radius 3 is 2.28 bits per heavy atom. The van der Waals surface area contributed by atoms with E-state index in [0.29, 0.717) is 13.1 Å². The van der Waals surface area contributed by atoms with Crippen LogP contribution in [-0.2, 0) is 17.8 Å². The van der Waals surface area contributed by atoms with Crippen molar-refractivity contribution >= 4 is 5.96 Å². The van der Waals surface area contributed by atoms with Gasteiger partial charge in [0.05, 0.1) is 12.1 Å². The maximum atomic E-state index is 5.47. The minimum atomic E-state index is -0.225. The van der Waals surface area contributed by atoms with E-state index in [-0.39, 0.29) is 5.60 Å². The third-order valence-electron chi connectivity index (χ3n) is 4.39. The Hall–Kier alpha value is -1.59. The second-order valence-electron chi connectivity index (χ2n) is 6.74. The number of nitrogens with one attached hydrogen (secondary N) is 2. The van der Waals surface area contributed by atoms with Crippen molar-refractivity contribution < 1.29 is 4.74 Å². The summed E-state index contributed by atoms with van der Waals surface area (Å²) >= 11 is 0. The molecule has 5 nitrogen and oxygen atoms in total. The molecule has 0 aromatic heterocycles. The number of guanidine groups is 1. The molecule has 2 N–H and O–H groups in total. The molecule has 1 rings (SSSR count). The fourth-order valence-electron chi connectivity index (χ4n) is 2.43. The smallest absolute Gasteiger partial charge is 0.191 e. The first kappa shape index (κ1) is 21.5. The zero-order valence-electron chi connectivity index (χ0n) is 16.9. The Morgan fingerprint density at radius 2 is 1.72 bits per heavy atom. The van der Waals surface area contributed by atoms with Gasteiger partial charge in [-0.3, -0.25) is 4.90 Å². The largest absolute Gasteiger partial charge is 0.377 e. The molecule has 0 aliphatic carbocycles. The quantitative estimate of drug-likeness (QED) is 0.504. The number of nitrogens with zero attached hydrogens (tertiary/aromatic N) is 2. The van der Waals surface area contributed by atoms with Crippen LogP contribution < -0.4 is 10.6 Å². The predicted molar refractivity (Wildman–Crippen MR) is 107 cm³/mol. The molecule has 25 heavy (non-hydrogen) atoms. The Balaban J connectivity index is 2.81. The number of hydrogen-bond donors (Lipinski definition) is 2. The molecule has 0 heterocycles. The molecular weight excluding hydrogens is 312 g/mol. The maximum Gasteiger partial charge on any atom is 0.191 e. The van der Waals surface area contributed by atoms with Gasteiger partial charge in [-0.25, -0.2) is 4.99 Å². The van der Waals surface area contributed by atoms with Crippen molar-refractivity contribution in [1.29, 1.82) is 0 Å². The highest BCUT2D eigenvalue weighted by molar-refractivity contribution is 5.79. The Kier molecular flexibility index (Phi) is 9.53. The minimum Gasteiger partial charge on any atom is -0.377 e. The zero-order chi connectivity index (χ0) is 18.7. The van der Waals surface area contributed by atoms with Crippen molar-refractivity contribution in [3.8, 4) is 0 Å². The molecule has 0 fully saturated rings. The summed E-state index contributed by atoms with van der Waals surface area (Å²) in [5.41, 5.74) is 2.40. The third-order valence-corrected chi connectivity index (χ3v) is 4.39. The van der Waals surface area contributed by atoms with Gasteiger partial charge in [0.1, 0.15) is 0 Å². The van der Waals surface area contributed by atoms with Gasteiger partial charge in [-0.05, 0) is 45.0 Å². The SMILES string of the molecule is CCNC(=NCc1ccccc1CN(CC)CC)NCC(C)(C)OC. The molecule has 0 saturated heterocycles.